The van der Waals surface area contributed by atoms with Crippen molar-refractivity contribution in [2.24, 2.45) is 5.92 Å². The second-order valence-corrected chi connectivity index (χ2v) is 3.75. The van der Waals surface area contributed by atoms with Gasteiger partial charge in [0.05, 0.1) is 12.6 Å². The van der Waals surface area contributed by atoms with Gasteiger partial charge in [-0.2, -0.15) is 0 Å². The zero-order valence-electron chi connectivity index (χ0n) is 9.37. The van der Waals surface area contributed by atoms with Gasteiger partial charge in [-0.15, -0.1) is 0 Å². The van der Waals surface area contributed by atoms with Crippen molar-refractivity contribution in [1.82, 2.24) is 20.6 Å². The molecule has 0 bridgehead atoms. The zero-order valence-corrected chi connectivity index (χ0v) is 9.37. The lowest BCUT2D eigenvalue weighted by atomic mass is 10.0. The number of carbonyl (C=O) groups excluding carboxylic acids is 1. The number of likely N-dealkylation sites (N-methyl/N-ethyl adjacent to an activating group) is 1. The van der Waals surface area contributed by atoms with E-state index in [4.69, 9.17) is 0 Å². The molecular formula is C10H18N4O. The summed E-state index contributed by atoms with van der Waals surface area (Å²) < 4.78 is 0. The summed E-state index contributed by atoms with van der Waals surface area (Å²) in [4.78, 5) is 18.6. The van der Waals surface area contributed by atoms with Crippen molar-refractivity contribution in [2.75, 3.05) is 7.05 Å². The third-order valence-corrected chi connectivity index (χ3v) is 2.24. The molecule has 1 atom stereocenters. The van der Waals surface area contributed by atoms with E-state index < -0.39 is 0 Å². The molecule has 1 heterocycles. The van der Waals surface area contributed by atoms with Gasteiger partial charge in [0.15, 0.2) is 0 Å². The SMILES string of the molecule is CNC(=O)C(NCc1ncc[nH]1)C(C)C. The Morgan fingerprint density at radius 1 is 1.60 bits per heavy atom. The van der Waals surface area contributed by atoms with Crippen LogP contribution in [0.4, 0.5) is 0 Å². The molecule has 5 nitrogen and oxygen atoms in total. The highest BCUT2D eigenvalue weighted by atomic mass is 16.2. The number of hydrogen-bond acceptors (Lipinski definition) is 3. The van der Waals surface area contributed by atoms with Gasteiger partial charge in [0, 0.05) is 19.4 Å². The highest BCUT2D eigenvalue weighted by Gasteiger charge is 2.20. The van der Waals surface area contributed by atoms with Crippen LogP contribution in [0.1, 0.15) is 19.7 Å². The van der Waals surface area contributed by atoms with E-state index in [1.807, 2.05) is 13.8 Å². The molecule has 1 aromatic heterocycles. The van der Waals surface area contributed by atoms with Crippen LogP contribution < -0.4 is 10.6 Å². The molecule has 0 aliphatic rings. The molecular weight excluding hydrogens is 192 g/mol. The fourth-order valence-corrected chi connectivity index (χ4v) is 1.39. The number of amides is 1. The Kier molecular flexibility index (Phi) is 4.30. The molecule has 1 rings (SSSR count). The normalized spacial score (nSPS) is 12.8. The maximum Gasteiger partial charge on any atom is 0.237 e. The number of nitrogens with one attached hydrogen (secondary N) is 3. The quantitative estimate of drug-likeness (QED) is 0.653. The lowest BCUT2D eigenvalue weighted by Gasteiger charge is -2.19. The smallest absolute Gasteiger partial charge is 0.237 e. The van der Waals surface area contributed by atoms with Gasteiger partial charge in [-0.3, -0.25) is 10.1 Å². The minimum absolute atomic E-state index is 0.0107. The summed E-state index contributed by atoms with van der Waals surface area (Å²) in [5.41, 5.74) is 0. The van der Waals surface area contributed by atoms with E-state index in [0.29, 0.717) is 6.54 Å². The van der Waals surface area contributed by atoms with Crippen molar-refractivity contribution in [3.8, 4) is 0 Å². The molecule has 0 aromatic carbocycles. The number of carbonyl (C=O) groups is 1. The summed E-state index contributed by atoms with van der Waals surface area (Å²) in [6.45, 7) is 4.59. The van der Waals surface area contributed by atoms with Crippen LogP contribution in [-0.2, 0) is 11.3 Å². The number of rotatable bonds is 5. The highest BCUT2D eigenvalue weighted by molar-refractivity contribution is 5.81. The van der Waals surface area contributed by atoms with Crippen LogP contribution in [0.25, 0.3) is 0 Å². The van der Waals surface area contributed by atoms with Crippen molar-refractivity contribution in [1.29, 1.82) is 0 Å². The standard InChI is InChI=1S/C10H18N4O/c1-7(2)9(10(15)11-3)14-6-8-12-4-5-13-8/h4-5,7,9,14H,6H2,1-3H3,(H,11,15)(H,12,13). The minimum Gasteiger partial charge on any atom is -0.358 e. The van der Waals surface area contributed by atoms with Gasteiger partial charge >= 0.3 is 0 Å². The molecule has 1 aromatic rings. The third-order valence-electron chi connectivity index (χ3n) is 2.24. The Labute approximate surface area is 89.7 Å². The van der Waals surface area contributed by atoms with Crippen LogP contribution >= 0.6 is 0 Å². The summed E-state index contributed by atoms with van der Waals surface area (Å²) in [5, 5.41) is 5.81. The Hall–Kier alpha value is -1.36. The first-order valence-electron chi connectivity index (χ1n) is 5.08. The van der Waals surface area contributed by atoms with E-state index in [2.05, 4.69) is 20.6 Å². The molecule has 0 aliphatic heterocycles. The molecule has 0 aliphatic carbocycles. The van der Waals surface area contributed by atoms with Gasteiger partial charge in [0.25, 0.3) is 0 Å². The first kappa shape index (κ1) is 11.7. The largest absolute Gasteiger partial charge is 0.358 e. The number of H-pyrrole nitrogens is 1. The lowest BCUT2D eigenvalue weighted by Crippen LogP contribution is -2.46. The first-order valence-corrected chi connectivity index (χ1v) is 5.08. The van der Waals surface area contributed by atoms with Crippen LogP contribution in [0.2, 0.25) is 0 Å². The van der Waals surface area contributed by atoms with E-state index in [1.165, 1.54) is 0 Å². The molecule has 3 N–H and O–H groups in total. The van der Waals surface area contributed by atoms with E-state index in [9.17, 15) is 4.79 Å². The Morgan fingerprint density at radius 3 is 2.80 bits per heavy atom. The predicted octanol–water partition coefficient (Wildman–Crippen LogP) is 0.270. The van der Waals surface area contributed by atoms with E-state index in [-0.39, 0.29) is 17.9 Å². The van der Waals surface area contributed by atoms with Crippen molar-refractivity contribution in [3.05, 3.63) is 18.2 Å². The summed E-state index contributed by atoms with van der Waals surface area (Å²) in [7, 11) is 1.65. The molecule has 1 unspecified atom stereocenters. The molecule has 15 heavy (non-hydrogen) atoms. The van der Waals surface area contributed by atoms with Crippen LogP contribution in [-0.4, -0.2) is 29.0 Å². The van der Waals surface area contributed by atoms with Gasteiger partial charge < -0.3 is 10.3 Å². The number of nitrogens with zero attached hydrogens (tertiary/aromatic N) is 1. The fraction of sp³-hybridized carbons (Fsp3) is 0.600. The average Bonchev–Trinajstić information content (AvgIpc) is 2.70. The van der Waals surface area contributed by atoms with Crippen molar-refractivity contribution in [3.63, 3.8) is 0 Å². The van der Waals surface area contributed by atoms with Crippen LogP contribution in [0, 0.1) is 5.92 Å². The molecule has 0 fully saturated rings. The fourth-order valence-electron chi connectivity index (χ4n) is 1.39. The summed E-state index contributed by atoms with van der Waals surface area (Å²) in [6, 6.07) is -0.180. The van der Waals surface area contributed by atoms with Crippen LogP contribution in [0.5, 0.6) is 0 Å². The third kappa shape index (κ3) is 3.36. The second kappa shape index (κ2) is 5.50. The van der Waals surface area contributed by atoms with E-state index in [1.54, 1.807) is 19.4 Å². The topological polar surface area (TPSA) is 69.8 Å². The summed E-state index contributed by atoms with van der Waals surface area (Å²) >= 11 is 0. The number of hydrogen-bond donors (Lipinski definition) is 3. The Morgan fingerprint density at radius 2 is 2.33 bits per heavy atom. The number of imidazole rings is 1. The van der Waals surface area contributed by atoms with Gasteiger partial charge in [-0.25, -0.2) is 4.98 Å². The average molecular weight is 210 g/mol. The molecule has 0 saturated heterocycles. The Bertz CT molecular complexity index is 294. The molecule has 5 heteroatoms. The number of aromatic amines is 1. The first-order chi connectivity index (χ1) is 7.15. The molecule has 0 radical (unpaired) electrons. The molecule has 0 saturated carbocycles. The van der Waals surface area contributed by atoms with Gasteiger partial charge in [-0.05, 0) is 5.92 Å². The van der Waals surface area contributed by atoms with Gasteiger partial charge in [0.2, 0.25) is 5.91 Å². The van der Waals surface area contributed by atoms with E-state index in [0.717, 1.165) is 5.82 Å². The molecule has 84 valence electrons. The minimum atomic E-state index is -0.180. The lowest BCUT2D eigenvalue weighted by molar-refractivity contribution is -0.123. The second-order valence-electron chi connectivity index (χ2n) is 3.75. The van der Waals surface area contributed by atoms with Crippen LogP contribution in [0.3, 0.4) is 0 Å². The monoisotopic (exact) mass is 210 g/mol. The maximum atomic E-state index is 11.5. The van der Waals surface area contributed by atoms with Crippen molar-refractivity contribution >= 4 is 5.91 Å². The van der Waals surface area contributed by atoms with Crippen molar-refractivity contribution in [2.45, 2.75) is 26.4 Å². The summed E-state index contributed by atoms with van der Waals surface area (Å²) in [6.07, 6.45) is 3.46. The highest BCUT2D eigenvalue weighted by Crippen LogP contribution is 2.02. The van der Waals surface area contributed by atoms with E-state index >= 15 is 0 Å². The van der Waals surface area contributed by atoms with Gasteiger partial charge in [0.1, 0.15) is 5.82 Å². The Balaban J connectivity index is 2.49. The van der Waals surface area contributed by atoms with Crippen molar-refractivity contribution < 1.29 is 4.79 Å². The van der Waals surface area contributed by atoms with Crippen LogP contribution in [0.15, 0.2) is 12.4 Å². The summed E-state index contributed by atoms with van der Waals surface area (Å²) in [5.74, 6) is 1.10. The molecule has 1 amide bonds. The maximum absolute atomic E-state index is 11.5. The molecule has 0 spiro atoms. The zero-order chi connectivity index (χ0) is 11.3. The predicted molar refractivity (Wildman–Crippen MR) is 58.1 cm³/mol. The van der Waals surface area contributed by atoms with Gasteiger partial charge in [-0.1, -0.05) is 13.8 Å². The number of aromatic nitrogens is 2.